The fraction of sp³-hybridized carbons (Fsp3) is 0.278. The first-order valence-corrected chi connectivity index (χ1v) is 8.62. The van der Waals surface area contributed by atoms with Gasteiger partial charge in [0.15, 0.2) is 0 Å². The maximum absolute atomic E-state index is 12.6. The van der Waals surface area contributed by atoms with E-state index >= 15 is 0 Å². The van der Waals surface area contributed by atoms with Crippen LogP contribution in [0.15, 0.2) is 29.1 Å². The topological polar surface area (TPSA) is 73.2 Å². The SMILES string of the molecule is COc1ccccc1CNC(=O)c1sc2nc(C)n(C)c(=O)c2c1C. The van der Waals surface area contributed by atoms with Gasteiger partial charge in [-0.1, -0.05) is 18.2 Å². The van der Waals surface area contributed by atoms with E-state index in [1.807, 2.05) is 24.3 Å². The summed E-state index contributed by atoms with van der Waals surface area (Å²) in [5.74, 6) is 1.13. The highest BCUT2D eigenvalue weighted by Crippen LogP contribution is 2.27. The van der Waals surface area contributed by atoms with Gasteiger partial charge in [-0.3, -0.25) is 14.2 Å². The van der Waals surface area contributed by atoms with E-state index in [9.17, 15) is 9.59 Å². The Bertz CT molecular complexity index is 1020. The quantitative estimate of drug-likeness (QED) is 0.779. The number of nitrogens with zero attached hydrogens (tertiary/aromatic N) is 2. The lowest BCUT2D eigenvalue weighted by atomic mass is 10.2. The van der Waals surface area contributed by atoms with Crippen molar-refractivity contribution in [2.45, 2.75) is 20.4 Å². The van der Waals surface area contributed by atoms with Crippen LogP contribution in [0, 0.1) is 13.8 Å². The number of aryl methyl sites for hydroxylation is 2. The Hall–Kier alpha value is -2.67. The molecule has 1 N–H and O–H groups in total. The zero-order valence-corrected chi connectivity index (χ0v) is 15.4. The number of ether oxygens (including phenoxy) is 1. The van der Waals surface area contributed by atoms with Crippen molar-refractivity contribution in [3.05, 3.63) is 56.4 Å². The summed E-state index contributed by atoms with van der Waals surface area (Å²) in [7, 11) is 3.28. The standard InChI is InChI=1S/C18H19N3O3S/c1-10-14-17(20-11(2)21(3)18(14)23)25-15(10)16(22)19-9-12-7-5-6-8-13(12)24-4/h5-8H,9H2,1-4H3,(H,19,22). The van der Waals surface area contributed by atoms with Gasteiger partial charge in [0.2, 0.25) is 0 Å². The molecule has 7 heteroatoms. The third-order valence-electron chi connectivity index (χ3n) is 4.23. The van der Waals surface area contributed by atoms with Gasteiger partial charge in [-0.2, -0.15) is 0 Å². The summed E-state index contributed by atoms with van der Waals surface area (Å²) >= 11 is 1.25. The average Bonchev–Trinajstić information content (AvgIpc) is 2.94. The highest BCUT2D eigenvalue weighted by atomic mass is 32.1. The van der Waals surface area contributed by atoms with Gasteiger partial charge in [-0.05, 0) is 25.5 Å². The molecule has 3 aromatic rings. The largest absolute Gasteiger partial charge is 0.496 e. The minimum Gasteiger partial charge on any atom is -0.496 e. The number of thiophene rings is 1. The van der Waals surface area contributed by atoms with Gasteiger partial charge < -0.3 is 10.1 Å². The Morgan fingerprint density at radius 3 is 2.76 bits per heavy atom. The van der Waals surface area contributed by atoms with E-state index in [-0.39, 0.29) is 11.5 Å². The molecule has 0 fully saturated rings. The Kier molecular flexibility index (Phi) is 4.59. The Labute approximate surface area is 149 Å². The summed E-state index contributed by atoms with van der Waals surface area (Å²) < 4.78 is 6.79. The molecular weight excluding hydrogens is 338 g/mol. The number of carbonyl (C=O) groups excluding carboxylic acids is 1. The van der Waals surface area contributed by atoms with Gasteiger partial charge in [-0.25, -0.2) is 4.98 Å². The first-order chi connectivity index (χ1) is 11.9. The summed E-state index contributed by atoms with van der Waals surface area (Å²) in [5.41, 5.74) is 1.44. The van der Waals surface area contributed by atoms with E-state index in [0.29, 0.717) is 33.0 Å². The molecule has 0 aliphatic carbocycles. The van der Waals surface area contributed by atoms with E-state index in [4.69, 9.17) is 4.74 Å². The number of amides is 1. The minimum atomic E-state index is -0.217. The summed E-state index contributed by atoms with van der Waals surface area (Å²) in [6.45, 7) is 3.91. The second kappa shape index (κ2) is 6.68. The highest BCUT2D eigenvalue weighted by molar-refractivity contribution is 7.20. The lowest BCUT2D eigenvalue weighted by Crippen LogP contribution is -2.23. The lowest BCUT2D eigenvalue weighted by molar-refractivity contribution is 0.0954. The van der Waals surface area contributed by atoms with E-state index in [1.54, 1.807) is 28.0 Å². The highest BCUT2D eigenvalue weighted by Gasteiger charge is 2.20. The van der Waals surface area contributed by atoms with Crippen molar-refractivity contribution >= 4 is 27.5 Å². The van der Waals surface area contributed by atoms with Gasteiger partial charge >= 0.3 is 0 Å². The fourth-order valence-corrected chi connectivity index (χ4v) is 3.82. The number of hydrogen-bond acceptors (Lipinski definition) is 5. The summed E-state index contributed by atoms with van der Waals surface area (Å²) in [6.07, 6.45) is 0. The third kappa shape index (κ3) is 3.02. The second-order valence-electron chi connectivity index (χ2n) is 5.75. The van der Waals surface area contributed by atoms with Crippen LogP contribution >= 0.6 is 11.3 Å². The normalized spacial score (nSPS) is 10.9. The second-order valence-corrected chi connectivity index (χ2v) is 6.75. The predicted octanol–water partition coefficient (Wildman–Crippen LogP) is 2.55. The van der Waals surface area contributed by atoms with Crippen molar-refractivity contribution in [2.24, 2.45) is 7.05 Å². The van der Waals surface area contributed by atoms with Crippen LogP contribution in [0.25, 0.3) is 10.2 Å². The Balaban J connectivity index is 1.91. The molecule has 0 bridgehead atoms. The van der Waals surface area contributed by atoms with Crippen molar-refractivity contribution in [3.8, 4) is 5.75 Å². The van der Waals surface area contributed by atoms with E-state index in [1.165, 1.54) is 15.9 Å². The van der Waals surface area contributed by atoms with Crippen LogP contribution in [0.4, 0.5) is 0 Å². The molecule has 3 rings (SSSR count). The van der Waals surface area contributed by atoms with Gasteiger partial charge in [0.1, 0.15) is 16.4 Å². The zero-order valence-electron chi connectivity index (χ0n) is 14.5. The first kappa shape index (κ1) is 17.2. The van der Waals surface area contributed by atoms with Crippen molar-refractivity contribution in [2.75, 3.05) is 7.11 Å². The molecule has 0 atom stereocenters. The van der Waals surface area contributed by atoms with E-state index in [0.717, 1.165) is 11.3 Å². The van der Waals surface area contributed by atoms with Crippen LogP contribution < -0.4 is 15.6 Å². The molecule has 0 aliphatic heterocycles. The molecule has 130 valence electrons. The maximum Gasteiger partial charge on any atom is 0.262 e. The molecule has 0 saturated carbocycles. The average molecular weight is 357 g/mol. The van der Waals surface area contributed by atoms with E-state index in [2.05, 4.69) is 10.3 Å². The molecule has 0 spiro atoms. The smallest absolute Gasteiger partial charge is 0.262 e. The number of rotatable bonds is 4. The first-order valence-electron chi connectivity index (χ1n) is 7.80. The number of benzene rings is 1. The number of nitrogens with one attached hydrogen (secondary N) is 1. The van der Waals surface area contributed by atoms with Crippen LogP contribution in [0.5, 0.6) is 5.75 Å². The minimum absolute atomic E-state index is 0.125. The molecule has 6 nitrogen and oxygen atoms in total. The van der Waals surface area contributed by atoms with Gasteiger partial charge in [0, 0.05) is 19.2 Å². The molecule has 25 heavy (non-hydrogen) atoms. The van der Waals surface area contributed by atoms with Crippen LogP contribution in [-0.2, 0) is 13.6 Å². The molecule has 0 saturated heterocycles. The summed E-state index contributed by atoms with van der Waals surface area (Å²) in [4.78, 5) is 30.6. The molecule has 2 aromatic heterocycles. The predicted molar refractivity (Wildman–Crippen MR) is 98.5 cm³/mol. The number of fused-ring (bicyclic) bond motifs is 1. The summed E-state index contributed by atoms with van der Waals surface area (Å²) in [5, 5.41) is 3.41. The molecule has 1 amide bonds. The number of carbonyl (C=O) groups is 1. The monoisotopic (exact) mass is 357 g/mol. The third-order valence-corrected chi connectivity index (χ3v) is 5.42. The van der Waals surface area contributed by atoms with E-state index < -0.39 is 0 Å². The zero-order chi connectivity index (χ0) is 18.1. The molecule has 1 aromatic carbocycles. The molecule has 0 aliphatic rings. The Morgan fingerprint density at radius 2 is 2.04 bits per heavy atom. The fourth-order valence-electron chi connectivity index (χ4n) is 2.69. The van der Waals surface area contributed by atoms with Crippen molar-refractivity contribution < 1.29 is 9.53 Å². The number of aromatic nitrogens is 2. The molecular formula is C18H19N3O3S. The molecule has 0 radical (unpaired) electrons. The van der Waals surface area contributed by atoms with Crippen LogP contribution in [-0.4, -0.2) is 22.6 Å². The van der Waals surface area contributed by atoms with Crippen LogP contribution in [0.2, 0.25) is 0 Å². The number of para-hydroxylation sites is 1. The molecule has 0 unspecified atom stereocenters. The van der Waals surface area contributed by atoms with Gasteiger partial charge in [0.05, 0.1) is 17.4 Å². The lowest BCUT2D eigenvalue weighted by Gasteiger charge is -2.09. The maximum atomic E-state index is 12.6. The molecule has 2 heterocycles. The van der Waals surface area contributed by atoms with Gasteiger partial charge in [0.25, 0.3) is 11.5 Å². The number of methoxy groups -OCH3 is 1. The van der Waals surface area contributed by atoms with Crippen LogP contribution in [0.1, 0.15) is 26.6 Å². The van der Waals surface area contributed by atoms with Crippen molar-refractivity contribution in [3.63, 3.8) is 0 Å². The number of hydrogen-bond donors (Lipinski definition) is 1. The Morgan fingerprint density at radius 1 is 1.32 bits per heavy atom. The van der Waals surface area contributed by atoms with Crippen molar-refractivity contribution in [1.82, 2.24) is 14.9 Å². The summed E-state index contributed by atoms with van der Waals surface area (Å²) in [6, 6.07) is 7.52. The van der Waals surface area contributed by atoms with Gasteiger partial charge in [-0.15, -0.1) is 11.3 Å². The van der Waals surface area contributed by atoms with Crippen molar-refractivity contribution in [1.29, 1.82) is 0 Å². The van der Waals surface area contributed by atoms with Crippen LogP contribution in [0.3, 0.4) is 0 Å².